The van der Waals surface area contributed by atoms with Crippen molar-refractivity contribution in [2.75, 3.05) is 0 Å². The van der Waals surface area contributed by atoms with Gasteiger partial charge >= 0.3 is 0 Å². The third-order valence-corrected chi connectivity index (χ3v) is 4.90. The lowest BCUT2D eigenvalue weighted by Gasteiger charge is -2.24. The summed E-state index contributed by atoms with van der Waals surface area (Å²) < 4.78 is 11.7. The van der Waals surface area contributed by atoms with Crippen LogP contribution in [0.5, 0.6) is 5.75 Å². The lowest BCUT2D eigenvalue weighted by atomic mass is 9.80. The Labute approximate surface area is 147 Å². The normalized spacial score (nSPS) is 16.8. The molecule has 3 aromatic rings. The predicted octanol–water partition coefficient (Wildman–Crippen LogP) is 5.50. The number of carbonyl (C=O) groups is 1. The molecule has 2 aromatic carbocycles. The molecule has 1 atom stereocenters. The van der Waals surface area contributed by atoms with Crippen molar-refractivity contribution in [3.63, 3.8) is 0 Å². The van der Waals surface area contributed by atoms with Gasteiger partial charge in [-0.25, -0.2) is 0 Å². The van der Waals surface area contributed by atoms with Crippen molar-refractivity contribution in [1.29, 1.82) is 0 Å². The third kappa shape index (κ3) is 2.84. The van der Waals surface area contributed by atoms with Crippen molar-refractivity contribution >= 4 is 17.1 Å². The number of carbonyl (C=O) groups excluding carboxylic acids is 1. The van der Waals surface area contributed by atoms with Crippen LogP contribution in [0.15, 0.2) is 46.9 Å². The van der Waals surface area contributed by atoms with Gasteiger partial charge in [0.2, 0.25) is 0 Å². The van der Waals surface area contributed by atoms with E-state index in [-0.39, 0.29) is 12.0 Å². The molecular formula is C22H22O3. The summed E-state index contributed by atoms with van der Waals surface area (Å²) in [5.74, 6) is 2.58. The summed E-state index contributed by atoms with van der Waals surface area (Å²) in [5, 5.41) is 2.35. The number of aryl methyl sites for hydroxylation is 1. The lowest BCUT2D eigenvalue weighted by molar-refractivity contribution is 0.109. The van der Waals surface area contributed by atoms with Crippen LogP contribution in [0.4, 0.5) is 0 Å². The average molecular weight is 334 g/mol. The summed E-state index contributed by atoms with van der Waals surface area (Å²) >= 11 is 0. The summed E-state index contributed by atoms with van der Waals surface area (Å²) in [5.41, 5.74) is 2.45. The first-order chi connectivity index (χ1) is 12.2. The number of furan rings is 1. The van der Waals surface area contributed by atoms with E-state index < -0.39 is 0 Å². The van der Waals surface area contributed by atoms with E-state index >= 15 is 0 Å². The van der Waals surface area contributed by atoms with Crippen molar-refractivity contribution < 1.29 is 13.9 Å². The van der Waals surface area contributed by atoms with Gasteiger partial charge < -0.3 is 9.15 Å². The molecule has 0 aliphatic heterocycles. The molecule has 0 amide bonds. The van der Waals surface area contributed by atoms with E-state index in [9.17, 15) is 4.79 Å². The second kappa shape index (κ2) is 6.40. The number of benzene rings is 2. The fraction of sp³-hybridized carbons (Fsp3) is 0.318. The minimum absolute atomic E-state index is 0.138. The number of aldehydes is 1. The Balaban J connectivity index is 1.86. The van der Waals surface area contributed by atoms with Crippen LogP contribution in [-0.2, 0) is 6.42 Å². The lowest BCUT2D eigenvalue weighted by Crippen LogP contribution is -2.10. The molecule has 1 heterocycles. The van der Waals surface area contributed by atoms with Crippen LogP contribution < -0.4 is 4.74 Å². The molecule has 0 N–H and O–H groups in total. The molecule has 1 aliphatic carbocycles. The maximum Gasteiger partial charge on any atom is 0.185 e. The van der Waals surface area contributed by atoms with E-state index in [1.165, 1.54) is 10.9 Å². The quantitative estimate of drug-likeness (QED) is 0.591. The van der Waals surface area contributed by atoms with Crippen LogP contribution in [-0.4, -0.2) is 12.4 Å². The first kappa shape index (κ1) is 15.9. The Bertz CT molecular complexity index is 920. The maximum absolute atomic E-state index is 11.1. The van der Waals surface area contributed by atoms with E-state index in [1.807, 2.05) is 26.0 Å². The predicted molar refractivity (Wildman–Crippen MR) is 98.6 cm³/mol. The van der Waals surface area contributed by atoms with Gasteiger partial charge in [0.1, 0.15) is 11.5 Å². The highest BCUT2D eigenvalue weighted by molar-refractivity contribution is 5.92. The van der Waals surface area contributed by atoms with Crippen LogP contribution in [0.25, 0.3) is 10.8 Å². The fourth-order valence-corrected chi connectivity index (χ4v) is 3.91. The maximum atomic E-state index is 11.1. The molecule has 1 aromatic heterocycles. The van der Waals surface area contributed by atoms with Crippen molar-refractivity contribution in [3.8, 4) is 5.75 Å². The van der Waals surface area contributed by atoms with Gasteiger partial charge in [-0.3, -0.25) is 4.79 Å². The number of fused-ring (bicyclic) bond motifs is 2. The zero-order chi connectivity index (χ0) is 17.4. The van der Waals surface area contributed by atoms with Crippen LogP contribution in [0.2, 0.25) is 0 Å². The number of ether oxygens (including phenoxy) is 1. The highest BCUT2D eigenvalue weighted by Crippen LogP contribution is 2.42. The van der Waals surface area contributed by atoms with Gasteiger partial charge in [0.25, 0.3) is 0 Å². The van der Waals surface area contributed by atoms with Gasteiger partial charge in [-0.15, -0.1) is 0 Å². The van der Waals surface area contributed by atoms with E-state index in [4.69, 9.17) is 9.15 Å². The molecule has 128 valence electrons. The van der Waals surface area contributed by atoms with E-state index in [0.29, 0.717) is 5.76 Å². The zero-order valence-electron chi connectivity index (χ0n) is 14.6. The largest absolute Gasteiger partial charge is 0.490 e. The summed E-state index contributed by atoms with van der Waals surface area (Å²) in [4.78, 5) is 11.1. The Morgan fingerprint density at radius 1 is 1.12 bits per heavy atom. The molecule has 1 aliphatic rings. The highest BCUT2D eigenvalue weighted by atomic mass is 16.5. The van der Waals surface area contributed by atoms with E-state index in [2.05, 4.69) is 30.3 Å². The average Bonchev–Trinajstić information content (AvgIpc) is 3.05. The first-order valence-corrected chi connectivity index (χ1v) is 8.93. The Hall–Kier alpha value is -2.55. The van der Waals surface area contributed by atoms with E-state index in [0.717, 1.165) is 48.0 Å². The van der Waals surface area contributed by atoms with Gasteiger partial charge in [0.05, 0.1) is 6.10 Å². The van der Waals surface area contributed by atoms with Gasteiger partial charge in [-0.05, 0) is 49.8 Å². The molecule has 1 unspecified atom stereocenters. The number of hydrogen-bond acceptors (Lipinski definition) is 3. The molecule has 3 heteroatoms. The Morgan fingerprint density at radius 3 is 2.68 bits per heavy atom. The topological polar surface area (TPSA) is 39.4 Å². The third-order valence-electron chi connectivity index (χ3n) is 4.90. The minimum atomic E-state index is 0.138. The monoisotopic (exact) mass is 334 g/mol. The SMILES string of the molecule is CC(C)Oc1ccc(C2CCCc3oc(C=O)cc32)c2ccccc12. The Kier molecular flexibility index (Phi) is 4.08. The highest BCUT2D eigenvalue weighted by Gasteiger charge is 2.27. The zero-order valence-corrected chi connectivity index (χ0v) is 14.6. The standard InChI is InChI=1S/C22H22O3/c1-14(2)24-22-11-10-18(16-6-3-4-7-19(16)22)17-8-5-9-21-20(17)12-15(13-23)25-21/h3-4,6-7,10-14,17H,5,8-9H2,1-2H3. The van der Waals surface area contributed by atoms with Crippen LogP contribution in [0, 0.1) is 0 Å². The molecular weight excluding hydrogens is 312 g/mol. The molecule has 0 bridgehead atoms. The molecule has 3 nitrogen and oxygen atoms in total. The van der Waals surface area contributed by atoms with E-state index in [1.54, 1.807) is 0 Å². The van der Waals surface area contributed by atoms with Gasteiger partial charge in [-0.2, -0.15) is 0 Å². The number of rotatable bonds is 4. The van der Waals surface area contributed by atoms with Gasteiger partial charge in [0.15, 0.2) is 12.0 Å². The molecule has 0 spiro atoms. The second-order valence-corrected chi connectivity index (χ2v) is 6.96. The smallest absolute Gasteiger partial charge is 0.185 e. The first-order valence-electron chi connectivity index (χ1n) is 8.93. The summed E-state index contributed by atoms with van der Waals surface area (Å²) in [6.07, 6.45) is 3.99. The second-order valence-electron chi connectivity index (χ2n) is 6.96. The summed E-state index contributed by atoms with van der Waals surface area (Å²) in [7, 11) is 0. The van der Waals surface area contributed by atoms with Crippen LogP contribution in [0.3, 0.4) is 0 Å². The van der Waals surface area contributed by atoms with Crippen LogP contribution >= 0.6 is 0 Å². The van der Waals surface area contributed by atoms with Crippen molar-refractivity contribution in [2.24, 2.45) is 0 Å². The summed E-state index contributed by atoms with van der Waals surface area (Å²) in [6, 6.07) is 14.6. The fourth-order valence-electron chi connectivity index (χ4n) is 3.91. The van der Waals surface area contributed by atoms with Gasteiger partial charge in [-0.1, -0.05) is 30.3 Å². The van der Waals surface area contributed by atoms with Crippen molar-refractivity contribution in [3.05, 3.63) is 65.1 Å². The molecule has 0 fully saturated rings. The number of hydrogen-bond donors (Lipinski definition) is 0. The van der Waals surface area contributed by atoms with Crippen molar-refractivity contribution in [2.45, 2.75) is 45.1 Å². The molecule has 0 saturated heterocycles. The summed E-state index contributed by atoms with van der Waals surface area (Å²) in [6.45, 7) is 4.09. The molecule has 0 saturated carbocycles. The Morgan fingerprint density at radius 2 is 1.92 bits per heavy atom. The van der Waals surface area contributed by atoms with Crippen molar-refractivity contribution in [1.82, 2.24) is 0 Å². The molecule has 0 radical (unpaired) electrons. The van der Waals surface area contributed by atoms with Gasteiger partial charge in [0, 0.05) is 23.3 Å². The van der Waals surface area contributed by atoms with Crippen LogP contribution in [0.1, 0.15) is 60.0 Å². The molecule has 25 heavy (non-hydrogen) atoms. The minimum Gasteiger partial charge on any atom is -0.490 e. The molecule has 4 rings (SSSR count).